The summed E-state index contributed by atoms with van der Waals surface area (Å²) in [6.07, 6.45) is 3.93. The van der Waals surface area contributed by atoms with Crippen molar-refractivity contribution in [3.8, 4) is 22.8 Å². The number of urea groups is 1. The number of carboxylic acids is 1. The number of amides is 2. The second-order valence-corrected chi connectivity index (χ2v) is 11.6. The normalized spacial score (nSPS) is 11.6. The Hall–Kier alpha value is -4.93. The molecular weight excluding hydrogens is 649 g/mol. The standard InChI is InChI=1S/C35H30Cl2F2N4O4/c1-2-3-16-43-20-32(27-14-8-23(36)18-28(27)37)40-33(43)31(42-35(46)41-30-15-9-24(38)19-29(30)39)17-21-4-10-25(11-5-21)47-26-12-6-22(7-13-26)34(44)45/h4-15,18-20,31H,2-3,16-17H2,1H3,(H,44,45)(H2,41,42,46)/t31-/m0/s1. The summed E-state index contributed by atoms with van der Waals surface area (Å²) in [6, 6.07) is 19.9. The maximum Gasteiger partial charge on any atom is 0.335 e. The van der Waals surface area contributed by atoms with Crippen LogP contribution in [0.3, 0.4) is 0 Å². The van der Waals surface area contributed by atoms with Gasteiger partial charge in [0.25, 0.3) is 0 Å². The van der Waals surface area contributed by atoms with E-state index in [0.29, 0.717) is 57.7 Å². The van der Waals surface area contributed by atoms with Gasteiger partial charge < -0.3 is 25.0 Å². The van der Waals surface area contributed by atoms with E-state index in [1.165, 1.54) is 12.1 Å². The fourth-order valence-corrected chi connectivity index (χ4v) is 5.39. The van der Waals surface area contributed by atoms with Gasteiger partial charge in [0.2, 0.25) is 0 Å². The number of hydrogen-bond donors (Lipinski definition) is 3. The molecule has 0 spiro atoms. The van der Waals surface area contributed by atoms with Crippen molar-refractivity contribution in [2.75, 3.05) is 5.32 Å². The van der Waals surface area contributed by atoms with E-state index in [4.69, 9.17) is 38.0 Å². The SMILES string of the molecule is CCCCn1cc(-c2ccc(Cl)cc2Cl)nc1[C@H](Cc1ccc(Oc2ccc(C(=O)O)cc2)cc1)NC(=O)Nc1ccc(F)cc1F. The first-order chi connectivity index (χ1) is 22.6. The minimum Gasteiger partial charge on any atom is -0.478 e. The molecule has 1 atom stereocenters. The number of halogens is 4. The lowest BCUT2D eigenvalue weighted by Crippen LogP contribution is -2.35. The van der Waals surface area contributed by atoms with Crippen LogP contribution in [0.25, 0.3) is 11.3 Å². The molecule has 5 rings (SSSR count). The maximum atomic E-state index is 14.4. The third kappa shape index (κ3) is 8.66. The zero-order valence-corrected chi connectivity index (χ0v) is 26.7. The molecule has 0 aliphatic carbocycles. The third-order valence-corrected chi connectivity index (χ3v) is 7.81. The van der Waals surface area contributed by atoms with Crippen molar-refractivity contribution in [2.24, 2.45) is 0 Å². The number of benzene rings is 4. The molecule has 8 nitrogen and oxygen atoms in total. The molecule has 5 aromatic rings. The van der Waals surface area contributed by atoms with Crippen molar-refractivity contribution < 1.29 is 28.2 Å². The van der Waals surface area contributed by atoms with Gasteiger partial charge in [-0.15, -0.1) is 0 Å². The van der Waals surface area contributed by atoms with Crippen molar-refractivity contribution in [2.45, 2.75) is 38.8 Å². The molecule has 0 aliphatic heterocycles. The lowest BCUT2D eigenvalue weighted by molar-refractivity contribution is 0.0697. The first kappa shape index (κ1) is 33.4. The molecule has 0 saturated carbocycles. The summed E-state index contributed by atoms with van der Waals surface area (Å²) in [6.45, 7) is 2.68. The molecule has 4 aromatic carbocycles. The van der Waals surface area contributed by atoms with Gasteiger partial charge >= 0.3 is 12.0 Å². The average molecular weight is 680 g/mol. The largest absolute Gasteiger partial charge is 0.478 e. The molecule has 2 amide bonds. The number of carbonyl (C=O) groups excluding carboxylic acids is 1. The van der Waals surface area contributed by atoms with Gasteiger partial charge in [-0.3, -0.25) is 0 Å². The van der Waals surface area contributed by atoms with Gasteiger partial charge in [0.05, 0.1) is 28.0 Å². The summed E-state index contributed by atoms with van der Waals surface area (Å²) in [5.74, 6) is -1.16. The van der Waals surface area contributed by atoms with Crippen molar-refractivity contribution in [1.82, 2.24) is 14.9 Å². The number of aromatic carboxylic acids is 1. The number of nitrogens with one attached hydrogen (secondary N) is 2. The molecule has 242 valence electrons. The molecule has 1 aromatic heterocycles. The van der Waals surface area contributed by atoms with Crippen LogP contribution >= 0.6 is 23.2 Å². The van der Waals surface area contributed by atoms with Gasteiger partial charge in [-0.2, -0.15) is 0 Å². The van der Waals surface area contributed by atoms with Crippen LogP contribution < -0.4 is 15.4 Å². The Balaban J connectivity index is 1.44. The van der Waals surface area contributed by atoms with E-state index >= 15 is 0 Å². The van der Waals surface area contributed by atoms with E-state index in [2.05, 4.69) is 17.6 Å². The van der Waals surface area contributed by atoms with E-state index in [-0.39, 0.29) is 11.3 Å². The van der Waals surface area contributed by atoms with Gasteiger partial charge in [-0.1, -0.05) is 48.7 Å². The first-order valence-electron chi connectivity index (χ1n) is 14.7. The number of nitrogens with zero attached hydrogens (tertiary/aromatic N) is 2. The number of unbranched alkanes of at least 4 members (excludes halogenated alkanes) is 1. The lowest BCUT2D eigenvalue weighted by Gasteiger charge is -2.21. The lowest BCUT2D eigenvalue weighted by atomic mass is 10.0. The van der Waals surface area contributed by atoms with E-state index in [0.717, 1.165) is 30.5 Å². The molecule has 3 N–H and O–H groups in total. The topological polar surface area (TPSA) is 105 Å². The number of carboxylic acid groups (broad SMARTS) is 1. The van der Waals surface area contributed by atoms with E-state index < -0.39 is 29.7 Å². The second-order valence-electron chi connectivity index (χ2n) is 10.7. The van der Waals surface area contributed by atoms with Crippen LogP contribution in [0.1, 0.15) is 47.6 Å². The van der Waals surface area contributed by atoms with E-state index in [1.807, 2.05) is 22.9 Å². The summed E-state index contributed by atoms with van der Waals surface area (Å²) in [4.78, 5) is 29.3. The average Bonchev–Trinajstić information content (AvgIpc) is 3.46. The minimum atomic E-state index is -1.03. The van der Waals surface area contributed by atoms with Crippen LogP contribution in [0, 0.1) is 11.6 Å². The first-order valence-corrected chi connectivity index (χ1v) is 15.5. The van der Waals surface area contributed by atoms with Crippen LogP contribution in [0.15, 0.2) is 91.1 Å². The zero-order valence-electron chi connectivity index (χ0n) is 25.1. The zero-order chi connectivity index (χ0) is 33.5. The number of hydrogen-bond acceptors (Lipinski definition) is 4. The summed E-state index contributed by atoms with van der Waals surface area (Å²) < 4.78 is 35.7. The number of rotatable bonds is 12. The molecule has 1 heterocycles. The quantitative estimate of drug-likeness (QED) is 0.122. The molecule has 47 heavy (non-hydrogen) atoms. The van der Waals surface area contributed by atoms with Gasteiger partial charge in [0.1, 0.15) is 29.0 Å². The summed E-state index contributed by atoms with van der Waals surface area (Å²) in [7, 11) is 0. The molecule has 0 unspecified atom stereocenters. The fourth-order valence-electron chi connectivity index (χ4n) is 4.89. The van der Waals surface area contributed by atoms with Crippen LogP contribution in [-0.2, 0) is 13.0 Å². The maximum absolute atomic E-state index is 14.4. The summed E-state index contributed by atoms with van der Waals surface area (Å²) in [5, 5.41) is 15.4. The minimum absolute atomic E-state index is 0.149. The molecule has 0 aliphatic rings. The Kier molecular flexibility index (Phi) is 10.7. The summed E-state index contributed by atoms with van der Waals surface area (Å²) in [5.41, 5.74) is 2.06. The Labute approximate surface area is 279 Å². The molecule has 0 bridgehead atoms. The van der Waals surface area contributed by atoms with Crippen LogP contribution in [-0.4, -0.2) is 26.7 Å². The van der Waals surface area contributed by atoms with Gasteiger partial charge in [0.15, 0.2) is 0 Å². The molecular formula is C35H30Cl2F2N4O4. The van der Waals surface area contributed by atoms with Crippen molar-refractivity contribution >= 4 is 40.9 Å². The monoisotopic (exact) mass is 678 g/mol. The highest BCUT2D eigenvalue weighted by atomic mass is 35.5. The number of carbonyl (C=O) groups is 2. The summed E-state index contributed by atoms with van der Waals surface area (Å²) >= 11 is 12.6. The van der Waals surface area contributed by atoms with Gasteiger partial charge in [-0.25, -0.2) is 23.4 Å². The molecule has 0 radical (unpaired) electrons. The van der Waals surface area contributed by atoms with Crippen molar-refractivity contribution in [3.63, 3.8) is 0 Å². The van der Waals surface area contributed by atoms with Gasteiger partial charge in [0, 0.05) is 29.4 Å². The predicted octanol–water partition coefficient (Wildman–Crippen LogP) is 9.53. The van der Waals surface area contributed by atoms with Crippen LogP contribution in [0.4, 0.5) is 19.3 Å². The smallest absolute Gasteiger partial charge is 0.335 e. The van der Waals surface area contributed by atoms with Crippen molar-refractivity contribution in [1.29, 1.82) is 0 Å². The van der Waals surface area contributed by atoms with E-state index in [1.54, 1.807) is 42.5 Å². The highest BCUT2D eigenvalue weighted by Crippen LogP contribution is 2.32. The Bertz CT molecular complexity index is 1880. The fraction of sp³-hybridized carbons (Fsp3) is 0.171. The highest BCUT2D eigenvalue weighted by molar-refractivity contribution is 6.36. The number of aromatic nitrogens is 2. The predicted molar refractivity (Wildman–Crippen MR) is 177 cm³/mol. The highest BCUT2D eigenvalue weighted by Gasteiger charge is 2.24. The van der Waals surface area contributed by atoms with Crippen LogP contribution in [0.5, 0.6) is 11.5 Å². The molecule has 0 fully saturated rings. The number of aryl methyl sites for hydroxylation is 1. The molecule has 0 saturated heterocycles. The Morgan fingerprint density at radius 2 is 1.66 bits per heavy atom. The van der Waals surface area contributed by atoms with Crippen LogP contribution in [0.2, 0.25) is 10.0 Å². The van der Waals surface area contributed by atoms with Crippen molar-refractivity contribution in [3.05, 3.63) is 130 Å². The Morgan fingerprint density at radius 3 is 2.30 bits per heavy atom. The number of anilines is 1. The van der Waals surface area contributed by atoms with E-state index in [9.17, 15) is 18.4 Å². The second kappa shape index (κ2) is 15.1. The molecule has 12 heteroatoms. The number of imidazole rings is 1. The van der Waals surface area contributed by atoms with Gasteiger partial charge in [-0.05, 0) is 85.1 Å². The Morgan fingerprint density at radius 1 is 0.957 bits per heavy atom. The third-order valence-electron chi connectivity index (χ3n) is 7.26. The number of ether oxygens (including phenoxy) is 1.